The molecule has 2 amide bonds. The minimum atomic E-state index is -4.69. The molecule has 10 heteroatoms. The van der Waals surface area contributed by atoms with Gasteiger partial charge in [-0.3, -0.25) is 14.4 Å². The summed E-state index contributed by atoms with van der Waals surface area (Å²) in [7, 11) is 0. The second kappa shape index (κ2) is 9.33. The third-order valence-corrected chi connectivity index (χ3v) is 3.10. The molecule has 0 saturated heterocycles. The van der Waals surface area contributed by atoms with E-state index < -0.39 is 36.3 Å². The molecule has 6 nitrogen and oxygen atoms in total. The Morgan fingerprint density at radius 2 is 1.96 bits per heavy atom. The number of aliphatic hydroxyl groups excluding tert-OH is 1. The summed E-state index contributed by atoms with van der Waals surface area (Å²) in [6, 6.07) is -1.87. The number of hydrogen-bond donors (Lipinski definition) is 2. The van der Waals surface area contributed by atoms with Crippen LogP contribution in [0, 0.1) is 0 Å². The summed E-state index contributed by atoms with van der Waals surface area (Å²) in [6.45, 7) is 4.77. The highest BCUT2D eigenvalue weighted by molar-refractivity contribution is 7.98. The maximum atomic E-state index is 12.7. The first kappa shape index (κ1) is 22.0. The molecule has 0 bridgehead atoms. The summed E-state index contributed by atoms with van der Waals surface area (Å²) in [4.78, 5) is 28.0. The highest BCUT2D eigenvalue weighted by atomic mass is 32.2. The summed E-state index contributed by atoms with van der Waals surface area (Å²) in [6.07, 6.45) is -6.50. The van der Waals surface area contributed by atoms with Crippen LogP contribution in [0.25, 0.3) is 0 Å². The molecule has 0 aliphatic carbocycles. The number of hydroxylamine groups is 2. The van der Waals surface area contributed by atoms with Gasteiger partial charge in [0.1, 0.15) is 6.04 Å². The summed E-state index contributed by atoms with van der Waals surface area (Å²) >= 11 is 1.42. The normalized spacial score (nSPS) is 15.0. The van der Waals surface area contributed by atoms with E-state index in [1.165, 1.54) is 32.5 Å². The number of nitrogens with zero attached hydrogens (tertiary/aromatic N) is 1. The van der Waals surface area contributed by atoms with E-state index in [1.54, 1.807) is 6.26 Å². The molecule has 0 rings (SSSR count). The van der Waals surface area contributed by atoms with Crippen LogP contribution in [-0.4, -0.2) is 65.0 Å². The summed E-state index contributed by atoms with van der Waals surface area (Å²) in [5, 5.41) is 12.6. The SMILES string of the molecule is CSCCNC(=O)C(O)C(CC(F)(F)F)N(C=O)OC(C)(C)C. The van der Waals surface area contributed by atoms with Gasteiger partial charge in [-0.05, 0) is 27.0 Å². The molecule has 0 aromatic heterocycles. The Morgan fingerprint density at radius 3 is 2.35 bits per heavy atom. The quantitative estimate of drug-likeness (QED) is 0.369. The van der Waals surface area contributed by atoms with Crippen molar-refractivity contribution in [1.29, 1.82) is 0 Å². The number of rotatable bonds is 9. The number of amides is 2. The monoisotopic (exact) mass is 360 g/mol. The molecular weight excluding hydrogens is 337 g/mol. The Bertz CT molecular complexity index is 388. The number of carbonyl (C=O) groups excluding carboxylic acids is 2. The Labute approximate surface area is 137 Å². The maximum absolute atomic E-state index is 12.7. The summed E-state index contributed by atoms with van der Waals surface area (Å²) in [5.41, 5.74) is -0.972. The third kappa shape index (κ3) is 9.67. The largest absolute Gasteiger partial charge is 0.391 e. The first-order valence-corrected chi connectivity index (χ1v) is 8.25. The average molecular weight is 360 g/mol. The van der Waals surface area contributed by atoms with E-state index in [1.807, 2.05) is 0 Å². The fourth-order valence-corrected chi connectivity index (χ4v) is 1.92. The van der Waals surface area contributed by atoms with E-state index in [2.05, 4.69) is 5.32 Å². The molecule has 0 spiro atoms. The van der Waals surface area contributed by atoms with Crippen molar-refractivity contribution < 1.29 is 32.7 Å². The lowest BCUT2D eigenvalue weighted by Crippen LogP contribution is -2.53. The number of hydrogen-bond acceptors (Lipinski definition) is 5. The van der Waals surface area contributed by atoms with Crippen LogP contribution in [-0.2, 0) is 14.4 Å². The van der Waals surface area contributed by atoms with Crippen LogP contribution in [0.5, 0.6) is 0 Å². The second-order valence-electron chi connectivity index (χ2n) is 5.78. The number of carbonyl (C=O) groups is 2. The van der Waals surface area contributed by atoms with Crippen LogP contribution in [0.3, 0.4) is 0 Å². The fourth-order valence-electron chi connectivity index (χ4n) is 1.62. The van der Waals surface area contributed by atoms with E-state index in [-0.39, 0.29) is 13.0 Å². The van der Waals surface area contributed by atoms with E-state index in [0.29, 0.717) is 10.8 Å². The smallest absolute Gasteiger partial charge is 0.381 e. The number of alkyl halides is 3. The molecule has 0 radical (unpaired) electrons. The molecule has 0 fully saturated rings. The maximum Gasteiger partial charge on any atom is 0.391 e. The molecule has 2 N–H and O–H groups in total. The molecule has 0 saturated carbocycles. The molecule has 0 aromatic carbocycles. The minimum absolute atomic E-state index is 0.0278. The number of nitrogens with one attached hydrogen (secondary N) is 1. The van der Waals surface area contributed by atoms with Crippen LogP contribution in [0.4, 0.5) is 13.2 Å². The van der Waals surface area contributed by atoms with Crippen LogP contribution >= 0.6 is 11.8 Å². The van der Waals surface area contributed by atoms with Gasteiger partial charge in [0.2, 0.25) is 6.41 Å². The Morgan fingerprint density at radius 1 is 1.39 bits per heavy atom. The van der Waals surface area contributed by atoms with E-state index >= 15 is 0 Å². The second-order valence-corrected chi connectivity index (χ2v) is 6.77. The zero-order chi connectivity index (χ0) is 18.3. The van der Waals surface area contributed by atoms with Crippen LogP contribution < -0.4 is 5.32 Å². The Hall–Kier alpha value is -1.00. The highest BCUT2D eigenvalue weighted by Crippen LogP contribution is 2.27. The predicted octanol–water partition coefficient (Wildman–Crippen LogP) is 1.34. The molecule has 2 unspecified atom stereocenters. The van der Waals surface area contributed by atoms with Gasteiger partial charge in [-0.25, -0.2) is 5.06 Å². The van der Waals surface area contributed by atoms with Crippen molar-refractivity contribution in [3.8, 4) is 0 Å². The lowest BCUT2D eigenvalue weighted by Gasteiger charge is -2.35. The first-order chi connectivity index (χ1) is 10.4. The van der Waals surface area contributed by atoms with Gasteiger partial charge >= 0.3 is 6.18 Å². The number of thioether (sulfide) groups is 1. The van der Waals surface area contributed by atoms with Gasteiger partial charge in [0.05, 0.1) is 12.0 Å². The van der Waals surface area contributed by atoms with Crippen LogP contribution in [0.15, 0.2) is 0 Å². The standard InChI is InChI=1S/C13H23F3N2O4S/c1-12(2,3)22-18(8-19)9(7-13(14,15)16)10(20)11(21)17-5-6-23-4/h8-10,20H,5-7H2,1-4H3,(H,17,21). The van der Waals surface area contributed by atoms with E-state index in [4.69, 9.17) is 4.84 Å². The predicted molar refractivity (Wildman–Crippen MR) is 80.6 cm³/mol. The molecular formula is C13H23F3N2O4S. The van der Waals surface area contributed by atoms with Gasteiger partial charge in [0.25, 0.3) is 5.91 Å². The van der Waals surface area contributed by atoms with Gasteiger partial charge in [-0.2, -0.15) is 24.9 Å². The van der Waals surface area contributed by atoms with Crippen molar-refractivity contribution in [1.82, 2.24) is 10.4 Å². The van der Waals surface area contributed by atoms with Crippen molar-refractivity contribution in [2.75, 3.05) is 18.6 Å². The zero-order valence-corrected chi connectivity index (χ0v) is 14.3. The van der Waals surface area contributed by atoms with Crippen LogP contribution in [0.1, 0.15) is 27.2 Å². The van der Waals surface area contributed by atoms with Crippen molar-refractivity contribution in [2.24, 2.45) is 0 Å². The third-order valence-electron chi connectivity index (χ3n) is 2.49. The fraction of sp³-hybridized carbons (Fsp3) is 0.846. The first-order valence-electron chi connectivity index (χ1n) is 6.85. The number of aliphatic hydroxyl groups is 1. The molecule has 23 heavy (non-hydrogen) atoms. The van der Waals surface area contributed by atoms with E-state index in [0.717, 1.165) is 0 Å². The van der Waals surface area contributed by atoms with Gasteiger partial charge in [-0.15, -0.1) is 0 Å². The average Bonchev–Trinajstić information content (AvgIpc) is 2.39. The summed E-state index contributed by atoms with van der Waals surface area (Å²) in [5.74, 6) is -0.448. The van der Waals surface area contributed by atoms with Crippen molar-refractivity contribution in [3.05, 3.63) is 0 Å². The molecule has 0 aromatic rings. The Kier molecular flexibility index (Phi) is 8.93. The molecule has 0 aliphatic heterocycles. The highest BCUT2D eigenvalue weighted by Gasteiger charge is 2.42. The number of halogens is 3. The van der Waals surface area contributed by atoms with Crippen molar-refractivity contribution >= 4 is 24.1 Å². The summed E-state index contributed by atoms with van der Waals surface area (Å²) < 4.78 is 38.2. The van der Waals surface area contributed by atoms with E-state index in [9.17, 15) is 27.9 Å². The lowest BCUT2D eigenvalue weighted by atomic mass is 10.1. The molecule has 0 aliphatic rings. The topological polar surface area (TPSA) is 78.9 Å². The zero-order valence-electron chi connectivity index (χ0n) is 13.5. The minimum Gasteiger partial charge on any atom is -0.381 e. The molecule has 0 heterocycles. The molecule has 136 valence electrons. The van der Waals surface area contributed by atoms with Gasteiger partial charge < -0.3 is 10.4 Å². The van der Waals surface area contributed by atoms with Gasteiger partial charge in [0, 0.05) is 12.3 Å². The van der Waals surface area contributed by atoms with Gasteiger partial charge in [0.15, 0.2) is 6.10 Å². The van der Waals surface area contributed by atoms with Crippen molar-refractivity contribution in [3.63, 3.8) is 0 Å². The van der Waals surface area contributed by atoms with Gasteiger partial charge in [-0.1, -0.05) is 0 Å². The van der Waals surface area contributed by atoms with Crippen LogP contribution in [0.2, 0.25) is 0 Å². The molecule has 2 atom stereocenters. The van der Waals surface area contributed by atoms with Crippen molar-refractivity contribution in [2.45, 2.75) is 51.1 Å². The Balaban J connectivity index is 5.17. The lowest BCUT2D eigenvalue weighted by molar-refractivity contribution is -0.257.